The highest BCUT2D eigenvalue weighted by Crippen LogP contribution is 2.44. The van der Waals surface area contributed by atoms with Gasteiger partial charge in [0.15, 0.2) is 17.5 Å². The van der Waals surface area contributed by atoms with E-state index in [0.717, 1.165) is 61.1 Å². The lowest BCUT2D eigenvalue weighted by Gasteiger charge is -2.12. The molecular weight excluding hydrogens is 775 g/mol. The fraction of sp³-hybridized carbons (Fsp3) is 0. The molecule has 5 heteroatoms. The van der Waals surface area contributed by atoms with E-state index in [-0.39, 0.29) is 58.9 Å². The summed E-state index contributed by atoms with van der Waals surface area (Å²) in [7, 11) is 0. The van der Waals surface area contributed by atoms with E-state index >= 15 is 0 Å². The summed E-state index contributed by atoms with van der Waals surface area (Å²) in [5, 5.41) is 2.59. The summed E-state index contributed by atoms with van der Waals surface area (Å²) >= 11 is 1.12. The maximum atomic E-state index is 9.90. The number of hydrogen-bond donors (Lipinski definition) is 0. The Balaban J connectivity index is 1.11. The monoisotopic (exact) mass is 815 g/mol. The molecule has 62 heavy (non-hydrogen) atoms. The van der Waals surface area contributed by atoms with Gasteiger partial charge in [-0.2, -0.15) is 0 Å². The normalized spacial score (nSPS) is 12.9. The molecule has 0 saturated carbocycles. The van der Waals surface area contributed by atoms with Crippen LogP contribution in [0.5, 0.6) is 0 Å². The smallest absolute Gasteiger partial charge is 0.164 e. The molecule has 9 aromatic carbocycles. The molecule has 3 heterocycles. The molecular formula is C57H35N3OS. The maximum absolute atomic E-state index is 9.90. The zero-order chi connectivity index (χ0) is 46.2. The van der Waals surface area contributed by atoms with Crippen LogP contribution in [-0.2, 0) is 0 Å². The summed E-state index contributed by atoms with van der Waals surface area (Å²) in [6.07, 6.45) is 0. The number of furan rings is 1. The van der Waals surface area contributed by atoms with Crippen LogP contribution in [0.2, 0.25) is 0 Å². The minimum absolute atomic E-state index is 0.0331. The van der Waals surface area contributed by atoms with Crippen LogP contribution in [-0.4, -0.2) is 15.0 Å². The average molecular weight is 816 g/mol. The van der Waals surface area contributed by atoms with Gasteiger partial charge in [-0.15, -0.1) is 11.3 Å². The van der Waals surface area contributed by atoms with Crippen molar-refractivity contribution >= 4 is 53.4 Å². The predicted molar refractivity (Wildman–Crippen MR) is 258 cm³/mol. The Bertz CT molecular complexity index is 3920. The number of fused-ring (bicyclic) bond motifs is 6. The second-order valence-corrected chi connectivity index (χ2v) is 16.1. The Labute approximate surface area is 370 Å². The Morgan fingerprint density at radius 2 is 0.935 bits per heavy atom. The minimum atomic E-state index is -0.280. The first-order valence-electron chi connectivity index (χ1n) is 23.3. The zero-order valence-electron chi connectivity index (χ0n) is 38.9. The summed E-state index contributed by atoms with van der Waals surface area (Å²) in [5.41, 5.74) is 9.33. The molecule has 0 spiro atoms. The number of hydrogen-bond acceptors (Lipinski definition) is 5. The lowest BCUT2D eigenvalue weighted by molar-refractivity contribution is 0.669. The highest BCUT2D eigenvalue weighted by atomic mass is 32.1. The Morgan fingerprint density at radius 1 is 0.371 bits per heavy atom. The molecule has 4 nitrogen and oxygen atoms in total. The second-order valence-electron chi connectivity index (χ2n) is 15.1. The Hall–Kier alpha value is -7.99. The van der Waals surface area contributed by atoms with Gasteiger partial charge in [-0.1, -0.05) is 164 Å². The molecule has 0 N–H and O–H groups in total. The van der Waals surface area contributed by atoms with E-state index in [2.05, 4.69) is 6.07 Å². The summed E-state index contributed by atoms with van der Waals surface area (Å²) in [4.78, 5) is 15.0. The molecule has 0 aliphatic heterocycles. The van der Waals surface area contributed by atoms with Crippen molar-refractivity contribution < 1.29 is 12.6 Å². The number of rotatable bonds is 7. The van der Waals surface area contributed by atoms with Gasteiger partial charge >= 0.3 is 0 Å². The quantitative estimate of drug-likeness (QED) is 0.161. The van der Waals surface area contributed by atoms with E-state index in [1.54, 1.807) is 0 Å². The average Bonchev–Trinajstić information content (AvgIpc) is 3.98. The number of para-hydroxylation sites is 1. The second kappa shape index (κ2) is 14.9. The van der Waals surface area contributed by atoms with Crippen molar-refractivity contribution in [3.8, 4) is 78.7 Å². The lowest BCUT2D eigenvalue weighted by atomic mass is 9.91. The summed E-state index contributed by atoms with van der Waals surface area (Å²) in [6, 6.07) is 56.1. The first-order valence-corrected chi connectivity index (χ1v) is 21.1. The fourth-order valence-corrected chi connectivity index (χ4v) is 9.33. The molecule has 12 rings (SSSR count). The van der Waals surface area contributed by atoms with Gasteiger partial charge in [0.25, 0.3) is 0 Å². The highest BCUT2D eigenvalue weighted by Gasteiger charge is 2.20. The van der Waals surface area contributed by atoms with Crippen molar-refractivity contribution in [2.24, 2.45) is 0 Å². The fourth-order valence-electron chi connectivity index (χ4n) is 8.30. The summed E-state index contributed by atoms with van der Waals surface area (Å²) in [5.74, 6) is 0.648. The first-order chi connectivity index (χ1) is 33.2. The zero-order valence-corrected chi connectivity index (χ0v) is 33.7. The molecule has 290 valence electrons. The van der Waals surface area contributed by atoms with Crippen LogP contribution in [0.4, 0.5) is 0 Å². The van der Waals surface area contributed by atoms with Gasteiger partial charge < -0.3 is 4.42 Å². The molecule has 0 fully saturated rings. The predicted octanol–water partition coefficient (Wildman–Crippen LogP) is 15.8. The molecule has 0 atom stereocenters. The van der Waals surface area contributed by atoms with Crippen LogP contribution in [0.1, 0.15) is 8.22 Å². The van der Waals surface area contributed by atoms with Gasteiger partial charge in [0.1, 0.15) is 11.2 Å². The van der Waals surface area contributed by atoms with Gasteiger partial charge in [-0.3, -0.25) is 0 Å². The van der Waals surface area contributed by atoms with Crippen molar-refractivity contribution in [1.29, 1.82) is 0 Å². The maximum Gasteiger partial charge on any atom is 0.164 e. The van der Waals surface area contributed by atoms with Crippen molar-refractivity contribution in [3.05, 3.63) is 212 Å². The third-order valence-corrected chi connectivity index (χ3v) is 12.2. The van der Waals surface area contributed by atoms with Crippen molar-refractivity contribution in [2.45, 2.75) is 0 Å². The van der Waals surface area contributed by atoms with Gasteiger partial charge in [-0.25, -0.2) is 15.0 Å². The summed E-state index contributed by atoms with van der Waals surface area (Å²) in [6.45, 7) is 0. The molecule has 12 aromatic rings. The first kappa shape index (κ1) is 30.1. The highest BCUT2D eigenvalue weighted by molar-refractivity contribution is 7.26. The van der Waals surface area contributed by atoms with E-state index in [4.69, 9.17) is 20.7 Å². The summed E-state index contributed by atoms with van der Waals surface area (Å²) < 4.78 is 64.2. The van der Waals surface area contributed by atoms with Crippen molar-refractivity contribution in [3.63, 3.8) is 0 Å². The van der Waals surface area contributed by atoms with Gasteiger partial charge in [-0.05, 0) is 93.0 Å². The van der Waals surface area contributed by atoms with Crippen LogP contribution >= 0.6 is 11.3 Å². The SMILES string of the molecule is [2H]c1c([2H])c(-c2cc(-c3ccccc3)cc(-c3ccccc3)c2)c2c(sc3c([2H])c(-c4nc(-c5ccccc5)nc(-c5cc(-c6ccccc6)c6c(c5)oc5ccccc56)n4)c([2H])c([2H])c32)c1[2H]. The van der Waals surface area contributed by atoms with E-state index in [9.17, 15) is 6.85 Å². The third kappa shape index (κ3) is 6.35. The molecule has 0 amide bonds. The Morgan fingerprint density at radius 3 is 1.61 bits per heavy atom. The van der Waals surface area contributed by atoms with Gasteiger partial charge in [0.2, 0.25) is 0 Å². The van der Waals surface area contributed by atoms with Crippen LogP contribution in [0.15, 0.2) is 217 Å². The number of aromatic nitrogens is 3. The van der Waals surface area contributed by atoms with Crippen molar-refractivity contribution in [1.82, 2.24) is 15.0 Å². The topological polar surface area (TPSA) is 51.8 Å². The van der Waals surface area contributed by atoms with Crippen LogP contribution in [0, 0.1) is 0 Å². The Kier molecular flexibility index (Phi) is 7.25. The number of benzene rings is 9. The lowest BCUT2D eigenvalue weighted by Crippen LogP contribution is -2.00. The van der Waals surface area contributed by atoms with Crippen molar-refractivity contribution in [2.75, 3.05) is 0 Å². The molecule has 0 aliphatic carbocycles. The standard InChI is InChI=1S/C57H35N3OS/c1-5-16-36(17-6-1)41-30-42(37-18-7-2-8-19-37)32-43(31-41)45-25-15-27-51-54(45)47-29-28-40(35-52(47)62-51)56-58-55(39-22-11-4-12-23-39)59-57(60-56)44-33-48(38-20-9-3-10-21-38)53-46-24-13-14-26-49(46)61-50(53)34-44/h1-35H/i15D,25D,27D,28D,29D,35D. The molecule has 0 aliphatic rings. The van der Waals surface area contributed by atoms with E-state index in [0.29, 0.717) is 48.4 Å². The number of nitrogens with zero attached hydrogens (tertiary/aromatic N) is 3. The van der Waals surface area contributed by atoms with Crippen LogP contribution in [0.3, 0.4) is 0 Å². The number of thiophene rings is 1. The largest absolute Gasteiger partial charge is 0.456 e. The van der Waals surface area contributed by atoms with Crippen LogP contribution < -0.4 is 0 Å². The van der Waals surface area contributed by atoms with E-state index in [1.807, 2.05) is 170 Å². The van der Waals surface area contributed by atoms with E-state index < -0.39 is 0 Å². The molecule has 0 unspecified atom stereocenters. The van der Waals surface area contributed by atoms with Gasteiger partial charge in [0.05, 0.1) is 8.22 Å². The third-order valence-electron chi connectivity index (χ3n) is 11.2. The molecule has 0 saturated heterocycles. The molecule has 0 radical (unpaired) electrons. The minimum Gasteiger partial charge on any atom is -0.456 e. The van der Waals surface area contributed by atoms with E-state index in [1.165, 1.54) is 0 Å². The molecule has 3 aromatic heterocycles. The van der Waals surface area contributed by atoms with Gasteiger partial charge in [0, 0.05) is 47.6 Å². The molecule has 0 bridgehead atoms. The van der Waals surface area contributed by atoms with Crippen LogP contribution in [0.25, 0.3) is 121 Å².